The highest BCUT2D eigenvalue weighted by Gasteiger charge is 2.35. The van der Waals surface area contributed by atoms with Crippen molar-refractivity contribution in [2.24, 2.45) is 4.99 Å². The number of rotatable bonds is 3. The molecule has 1 aromatic carbocycles. The highest BCUT2D eigenvalue weighted by Crippen LogP contribution is 2.41. The standard InChI is InChI=1S/C18H29N3/c1-15-9-8-10-16(13-15)18(11-6-7-12-18)14-19-17(20(2)3)21(4)5/h8-10,13H,6-7,11-12,14H2,1-5H3. The summed E-state index contributed by atoms with van der Waals surface area (Å²) in [5.74, 6) is 1.05. The van der Waals surface area contributed by atoms with Gasteiger partial charge in [-0.3, -0.25) is 4.99 Å². The van der Waals surface area contributed by atoms with Gasteiger partial charge in [0.05, 0.1) is 6.54 Å². The minimum Gasteiger partial charge on any atom is -0.349 e. The fourth-order valence-electron chi connectivity index (χ4n) is 3.47. The molecular formula is C18H29N3. The van der Waals surface area contributed by atoms with Crippen molar-refractivity contribution in [1.29, 1.82) is 0 Å². The summed E-state index contributed by atoms with van der Waals surface area (Å²) in [5.41, 5.74) is 3.06. The van der Waals surface area contributed by atoms with Gasteiger partial charge in [0.2, 0.25) is 0 Å². The van der Waals surface area contributed by atoms with Crippen molar-refractivity contribution in [3.63, 3.8) is 0 Å². The molecule has 1 aliphatic rings. The van der Waals surface area contributed by atoms with Crippen LogP contribution in [0.3, 0.4) is 0 Å². The van der Waals surface area contributed by atoms with E-state index in [2.05, 4.69) is 69.2 Å². The monoisotopic (exact) mass is 287 g/mol. The van der Waals surface area contributed by atoms with Gasteiger partial charge in [-0.15, -0.1) is 0 Å². The zero-order chi connectivity index (χ0) is 15.5. The topological polar surface area (TPSA) is 18.8 Å². The number of aryl methyl sites for hydroxylation is 1. The average molecular weight is 287 g/mol. The first kappa shape index (κ1) is 15.9. The zero-order valence-electron chi connectivity index (χ0n) is 14.2. The number of aliphatic imine (C=N–C) groups is 1. The van der Waals surface area contributed by atoms with Gasteiger partial charge >= 0.3 is 0 Å². The van der Waals surface area contributed by atoms with E-state index in [4.69, 9.17) is 4.99 Å². The second kappa shape index (κ2) is 6.50. The van der Waals surface area contributed by atoms with Gasteiger partial charge < -0.3 is 9.80 Å². The molecular weight excluding hydrogens is 258 g/mol. The van der Waals surface area contributed by atoms with Crippen LogP contribution in [0.15, 0.2) is 29.3 Å². The summed E-state index contributed by atoms with van der Waals surface area (Å²) in [6.45, 7) is 3.07. The van der Waals surface area contributed by atoms with Gasteiger partial charge in [-0.1, -0.05) is 42.7 Å². The highest BCUT2D eigenvalue weighted by molar-refractivity contribution is 5.79. The van der Waals surface area contributed by atoms with Crippen molar-refractivity contribution in [2.45, 2.75) is 38.0 Å². The molecule has 1 fully saturated rings. The second-order valence-electron chi connectivity index (χ2n) is 6.76. The Morgan fingerprint density at radius 1 is 1.10 bits per heavy atom. The number of benzene rings is 1. The minimum atomic E-state index is 0.239. The summed E-state index contributed by atoms with van der Waals surface area (Å²) in [6.07, 6.45) is 5.16. The van der Waals surface area contributed by atoms with E-state index in [9.17, 15) is 0 Å². The molecule has 0 bridgehead atoms. The molecule has 0 unspecified atom stereocenters. The third-order valence-electron chi connectivity index (χ3n) is 4.51. The summed E-state index contributed by atoms with van der Waals surface area (Å²) in [6, 6.07) is 9.01. The van der Waals surface area contributed by atoms with E-state index in [-0.39, 0.29) is 5.41 Å². The smallest absolute Gasteiger partial charge is 0.195 e. The molecule has 0 atom stereocenters. The molecule has 0 aliphatic heterocycles. The van der Waals surface area contributed by atoms with Gasteiger partial charge in [-0.25, -0.2) is 0 Å². The second-order valence-corrected chi connectivity index (χ2v) is 6.76. The minimum absolute atomic E-state index is 0.239. The lowest BCUT2D eigenvalue weighted by Gasteiger charge is -2.30. The summed E-state index contributed by atoms with van der Waals surface area (Å²) >= 11 is 0. The van der Waals surface area contributed by atoms with Crippen molar-refractivity contribution in [2.75, 3.05) is 34.7 Å². The fraction of sp³-hybridized carbons (Fsp3) is 0.611. The normalized spacial score (nSPS) is 16.6. The molecule has 0 N–H and O–H groups in total. The summed E-state index contributed by atoms with van der Waals surface area (Å²) in [7, 11) is 8.25. The number of hydrogen-bond donors (Lipinski definition) is 0. The summed E-state index contributed by atoms with van der Waals surface area (Å²) in [5, 5.41) is 0. The molecule has 116 valence electrons. The molecule has 1 saturated carbocycles. The maximum absolute atomic E-state index is 4.95. The maximum Gasteiger partial charge on any atom is 0.195 e. The summed E-state index contributed by atoms with van der Waals surface area (Å²) in [4.78, 5) is 9.14. The van der Waals surface area contributed by atoms with E-state index in [0.717, 1.165) is 12.5 Å². The van der Waals surface area contributed by atoms with E-state index in [1.807, 2.05) is 0 Å². The predicted molar refractivity (Wildman–Crippen MR) is 91.0 cm³/mol. The van der Waals surface area contributed by atoms with E-state index in [1.165, 1.54) is 36.8 Å². The molecule has 3 nitrogen and oxygen atoms in total. The van der Waals surface area contributed by atoms with Crippen molar-refractivity contribution >= 4 is 5.96 Å². The molecule has 3 heteroatoms. The van der Waals surface area contributed by atoms with Crippen LogP contribution in [0.5, 0.6) is 0 Å². The fourth-order valence-corrected chi connectivity index (χ4v) is 3.47. The first-order valence-corrected chi connectivity index (χ1v) is 7.91. The maximum atomic E-state index is 4.95. The quantitative estimate of drug-likeness (QED) is 0.627. The Bertz CT molecular complexity index is 487. The van der Waals surface area contributed by atoms with E-state index in [0.29, 0.717) is 0 Å². The number of guanidine groups is 1. The van der Waals surface area contributed by atoms with E-state index in [1.54, 1.807) is 0 Å². The van der Waals surface area contributed by atoms with Gasteiger partial charge in [-0.2, -0.15) is 0 Å². The van der Waals surface area contributed by atoms with Crippen molar-refractivity contribution in [1.82, 2.24) is 9.80 Å². The van der Waals surface area contributed by atoms with Crippen LogP contribution in [-0.4, -0.2) is 50.5 Å². The van der Waals surface area contributed by atoms with Crippen LogP contribution < -0.4 is 0 Å². The molecule has 2 rings (SSSR count). The molecule has 0 heterocycles. The van der Waals surface area contributed by atoms with Gasteiger partial charge in [0, 0.05) is 33.6 Å². The zero-order valence-corrected chi connectivity index (χ0v) is 14.2. The first-order valence-electron chi connectivity index (χ1n) is 7.91. The molecule has 1 aromatic rings. The number of hydrogen-bond acceptors (Lipinski definition) is 1. The van der Waals surface area contributed by atoms with Gasteiger partial charge in [0.1, 0.15) is 0 Å². The van der Waals surface area contributed by atoms with Crippen molar-refractivity contribution < 1.29 is 0 Å². The van der Waals surface area contributed by atoms with Crippen LogP contribution in [-0.2, 0) is 5.41 Å². The first-order chi connectivity index (χ1) is 9.94. The van der Waals surface area contributed by atoms with Crippen LogP contribution in [0.4, 0.5) is 0 Å². The Morgan fingerprint density at radius 2 is 1.71 bits per heavy atom. The lowest BCUT2D eigenvalue weighted by Crippen LogP contribution is -2.37. The Hall–Kier alpha value is -1.51. The van der Waals surface area contributed by atoms with Crippen LogP contribution in [0.1, 0.15) is 36.8 Å². The van der Waals surface area contributed by atoms with Gasteiger partial charge in [0.25, 0.3) is 0 Å². The third-order valence-corrected chi connectivity index (χ3v) is 4.51. The Morgan fingerprint density at radius 3 is 2.24 bits per heavy atom. The number of nitrogens with zero attached hydrogens (tertiary/aromatic N) is 3. The van der Waals surface area contributed by atoms with E-state index >= 15 is 0 Å². The van der Waals surface area contributed by atoms with Crippen LogP contribution in [0.25, 0.3) is 0 Å². The largest absolute Gasteiger partial charge is 0.349 e. The van der Waals surface area contributed by atoms with Crippen molar-refractivity contribution in [3.05, 3.63) is 35.4 Å². The lowest BCUT2D eigenvalue weighted by atomic mass is 9.78. The molecule has 21 heavy (non-hydrogen) atoms. The lowest BCUT2D eigenvalue weighted by molar-refractivity contribution is 0.432. The molecule has 0 spiro atoms. The Kier molecular flexibility index (Phi) is 4.92. The predicted octanol–water partition coefficient (Wildman–Crippen LogP) is 3.29. The molecule has 0 amide bonds. The van der Waals surface area contributed by atoms with Crippen LogP contribution in [0.2, 0.25) is 0 Å². The van der Waals surface area contributed by atoms with Gasteiger partial charge in [0.15, 0.2) is 5.96 Å². The Labute approximate surface area is 129 Å². The highest BCUT2D eigenvalue weighted by atomic mass is 15.3. The molecule has 0 saturated heterocycles. The SMILES string of the molecule is Cc1cccc(C2(CN=C(N(C)C)N(C)C)CCCC2)c1. The third kappa shape index (κ3) is 3.58. The van der Waals surface area contributed by atoms with Crippen LogP contribution >= 0.6 is 0 Å². The summed E-state index contributed by atoms with van der Waals surface area (Å²) < 4.78 is 0. The van der Waals surface area contributed by atoms with Crippen LogP contribution in [0, 0.1) is 6.92 Å². The average Bonchev–Trinajstić information content (AvgIpc) is 2.88. The Balaban J connectivity index is 2.29. The molecule has 0 radical (unpaired) electrons. The van der Waals surface area contributed by atoms with E-state index < -0.39 is 0 Å². The molecule has 1 aliphatic carbocycles. The molecule has 0 aromatic heterocycles. The van der Waals surface area contributed by atoms with Crippen molar-refractivity contribution in [3.8, 4) is 0 Å². The van der Waals surface area contributed by atoms with Gasteiger partial charge in [-0.05, 0) is 25.3 Å².